The Morgan fingerprint density at radius 3 is 2.38 bits per heavy atom. The number of hydrogen-bond acceptors (Lipinski definition) is 4. The summed E-state index contributed by atoms with van der Waals surface area (Å²) in [4.78, 5) is 7.94. The molecule has 0 saturated heterocycles. The average Bonchev–Trinajstić information content (AvgIpc) is 2.52. The third kappa shape index (κ3) is 2.95. The molecule has 1 heterocycles. The number of nitrogen functional groups attached to an aromatic ring is 1. The van der Waals surface area contributed by atoms with Crippen LogP contribution in [0.15, 0.2) is 60.9 Å². The van der Waals surface area contributed by atoms with Crippen LogP contribution in [0.3, 0.4) is 0 Å². The van der Waals surface area contributed by atoms with Gasteiger partial charge in [-0.3, -0.25) is 0 Å². The monoisotopic (exact) mass is 297 g/mol. The van der Waals surface area contributed by atoms with E-state index in [1.807, 2.05) is 42.5 Å². The van der Waals surface area contributed by atoms with E-state index in [1.54, 1.807) is 6.07 Å². The van der Waals surface area contributed by atoms with Crippen LogP contribution in [-0.4, -0.2) is 9.97 Å². The number of ether oxygens (including phenoxy) is 1. The molecule has 3 aromatic rings. The first-order valence-corrected chi connectivity index (χ1v) is 6.71. The fourth-order valence-corrected chi connectivity index (χ4v) is 2.13. The predicted molar refractivity (Wildman–Crippen MR) is 83.4 cm³/mol. The standard InChI is InChI=1S/C16H12ClN3O/c17-13-10-12(11-4-2-1-3-5-11)6-7-14(13)21-16-15(18)19-8-9-20-16/h1-10H,(H2,18,19). The smallest absolute Gasteiger partial charge is 0.262 e. The number of nitrogens with zero attached hydrogens (tertiary/aromatic N) is 2. The van der Waals surface area contributed by atoms with Gasteiger partial charge in [0.15, 0.2) is 5.82 Å². The minimum Gasteiger partial charge on any atom is -0.434 e. The number of benzene rings is 2. The number of aromatic nitrogens is 2. The van der Waals surface area contributed by atoms with Gasteiger partial charge in [0.25, 0.3) is 5.88 Å². The van der Waals surface area contributed by atoms with Crippen LogP contribution < -0.4 is 10.5 Å². The van der Waals surface area contributed by atoms with Crippen molar-refractivity contribution in [1.29, 1.82) is 0 Å². The van der Waals surface area contributed by atoms with Crippen LogP contribution in [0.4, 0.5) is 5.82 Å². The summed E-state index contributed by atoms with van der Waals surface area (Å²) >= 11 is 6.27. The Kier molecular flexibility index (Phi) is 3.71. The molecule has 0 saturated carbocycles. The molecule has 0 aliphatic heterocycles. The number of nitrogens with two attached hydrogens (primary N) is 1. The van der Waals surface area contributed by atoms with Gasteiger partial charge in [0, 0.05) is 12.4 Å². The molecule has 1 aromatic heterocycles. The van der Waals surface area contributed by atoms with Crippen molar-refractivity contribution >= 4 is 17.4 Å². The Morgan fingerprint density at radius 1 is 0.905 bits per heavy atom. The van der Waals surface area contributed by atoms with Gasteiger partial charge >= 0.3 is 0 Å². The third-order valence-corrected chi connectivity index (χ3v) is 3.23. The van der Waals surface area contributed by atoms with E-state index in [4.69, 9.17) is 22.1 Å². The lowest BCUT2D eigenvalue weighted by atomic mass is 10.1. The molecule has 0 spiro atoms. The lowest BCUT2D eigenvalue weighted by Crippen LogP contribution is -1.97. The van der Waals surface area contributed by atoms with E-state index in [1.165, 1.54) is 12.4 Å². The molecule has 0 radical (unpaired) electrons. The summed E-state index contributed by atoms with van der Waals surface area (Å²) in [5.74, 6) is 0.955. The molecule has 4 nitrogen and oxygen atoms in total. The van der Waals surface area contributed by atoms with Crippen LogP contribution in [-0.2, 0) is 0 Å². The first kappa shape index (κ1) is 13.4. The number of anilines is 1. The van der Waals surface area contributed by atoms with Gasteiger partial charge < -0.3 is 10.5 Å². The van der Waals surface area contributed by atoms with E-state index >= 15 is 0 Å². The Bertz CT molecular complexity index is 762. The third-order valence-electron chi connectivity index (χ3n) is 2.94. The molecule has 2 aromatic carbocycles. The Balaban J connectivity index is 1.90. The number of hydrogen-bond donors (Lipinski definition) is 1. The van der Waals surface area contributed by atoms with Crippen molar-refractivity contribution in [3.63, 3.8) is 0 Å². The van der Waals surface area contributed by atoms with E-state index in [2.05, 4.69) is 9.97 Å². The largest absolute Gasteiger partial charge is 0.434 e. The molecule has 0 unspecified atom stereocenters. The van der Waals surface area contributed by atoms with Crippen molar-refractivity contribution in [1.82, 2.24) is 9.97 Å². The van der Waals surface area contributed by atoms with Crippen molar-refractivity contribution < 1.29 is 4.74 Å². The Morgan fingerprint density at radius 2 is 1.67 bits per heavy atom. The molecular formula is C16H12ClN3O. The van der Waals surface area contributed by atoms with Gasteiger partial charge in [0.05, 0.1) is 5.02 Å². The molecule has 0 bridgehead atoms. The van der Waals surface area contributed by atoms with Crippen LogP contribution >= 0.6 is 11.6 Å². The second-order valence-electron chi connectivity index (χ2n) is 4.36. The molecule has 0 amide bonds. The van der Waals surface area contributed by atoms with Gasteiger partial charge in [0.1, 0.15) is 5.75 Å². The van der Waals surface area contributed by atoms with Crippen LogP contribution in [0.5, 0.6) is 11.6 Å². The summed E-state index contributed by atoms with van der Waals surface area (Å²) in [5, 5.41) is 0.487. The zero-order chi connectivity index (χ0) is 14.7. The Labute approximate surface area is 127 Å². The van der Waals surface area contributed by atoms with E-state index in [0.717, 1.165) is 11.1 Å². The van der Waals surface area contributed by atoms with E-state index < -0.39 is 0 Å². The minimum atomic E-state index is 0.223. The quantitative estimate of drug-likeness (QED) is 0.788. The molecular weight excluding hydrogens is 286 g/mol. The summed E-state index contributed by atoms with van der Waals surface area (Å²) in [7, 11) is 0. The molecule has 3 rings (SSSR count). The van der Waals surface area contributed by atoms with Gasteiger partial charge in [0.2, 0.25) is 0 Å². The topological polar surface area (TPSA) is 61.0 Å². The molecule has 21 heavy (non-hydrogen) atoms. The summed E-state index contributed by atoms with van der Waals surface area (Å²) in [6, 6.07) is 15.5. The van der Waals surface area contributed by atoms with Crippen LogP contribution in [0.25, 0.3) is 11.1 Å². The fraction of sp³-hybridized carbons (Fsp3) is 0. The maximum absolute atomic E-state index is 6.27. The first-order valence-electron chi connectivity index (χ1n) is 6.33. The van der Waals surface area contributed by atoms with Gasteiger partial charge in [-0.1, -0.05) is 48.0 Å². The van der Waals surface area contributed by atoms with Gasteiger partial charge in [-0.05, 0) is 23.3 Å². The highest BCUT2D eigenvalue weighted by molar-refractivity contribution is 6.32. The van der Waals surface area contributed by atoms with Crippen LogP contribution in [0, 0.1) is 0 Å². The highest BCUT2D eigenvalue weighted by Crippen LogP contribution is 2.33. The zero-order valence-electron chi connectivity index (χ0n) is 11.0. The van der Waals surface area contributed by atoms with E-state index in [0.29, 0.717) is 10.8 Å². The van der Waals surface area contributed by atoms with Crippen molar-refractivity contribution in [3.05, 3.63) is 65.9 Å². The van der Waals surface area contributed by atoms with Crippen LogP contribution in [0.1, 0.15) is 0 Å². The summed E-state index contributed by atoms with van der Waals surface area (Å²) < 4.78 is 5.60. The molecule has 2 N–H and O–H groups in total. The van der Waals surface area contributed by atoms with Crippen molar-refractivity contribution in [3.8, 4) is 22.8 Å². The molecule has 0 fully saturated rings. The first-order chi connectivity index (χ1) is 10.2. The summed E-state index contributed by atoms with van der Waals surface area (Å²) in [6.07, 6.45) is 3.01. The normalized spacial score (nSPS) is 10.3. The van der Waals surface area contributed by atoms with Crippen LogP contribution in [0.2, 0.25) is 5.02 Å². The maximum atomic E-state index is 6.27. The summed E-state index contributed by atoms with van der Waals surface area (Å²) in [5.41, 5.74) is 7.80. The van der Waals surface area contributed by atoms with Crippen molar-refractivity contribution in [2.45, 2.75) is 0 Å². The zero-order valence-corrected chi connectivity index (χ0v) is 11.8. The van der Waals surface area contributed by atoms with Crippen molar-refractivity contribution in [2.24, 2.45) is 0 Å². The second kappa shape index (κ2) is 5.81. The Hall–Kier alpha value is -2.59. The van der Waals surface area contributed by atoms with Crippen molar-refractivity contribution in [2.75, 3.05) is 5.73 Å². The minimum absolute atomic E-state index is 0.223. The fourth-order valence-electron chi connectivity index (χ4n) is 1.91. The highest BCUT2D eigenvalue weighted by atomic mass is 35.5. The van der Waals surface area contributed by atoms with Gasteiger partial charge in [-0.2, -0.15) is 0 Å². The molecule has 0 aliphatic rings. The summed E-state index contributed by atoms with van der Waals surface area (Å²) in [6.45, 7) is 0. The lowest BCUT2D eigenvalue weighted by Gasteiger charge is -2.09. The average molecular weight is 298 g/mol. The highest BCUT2D eigenvalue weighted by Gasteiger charge is 2.09. The van der Waals surface area contributed by atoms with Gasteiger partial charge in [-0.25, -0.2) is 9.97 Å². The van der Waals surface area contributed by atoms with E-state index in [-0.39, 0.29) is 11.7 Å². The number of rotatable bonds is 3. The second-order valence-corrected chi connectivity index (χ2v) is 4.77. The maximum Gasteiger partial charge on any atom is 0.262 e. The number of halogens is 1. The van der Waals surface area contributed by atoms with Gasteiger partial charge in [-0.15, -0.1) is 0 Å². The lowest BCUT2D eigenvalue weighted by molar-refractivity contribution is 0.463. The molecule has 104 valence electrons. The molecule has 0 atom stereocenters. The molecule has 5 heteroatoms. The SMILES string of the molecule is Nc1nccnc1Oc1ccc(-c2ccccc2)cc1Cl. The molecule has 0 aliphatic carbocycles. The predicted octanol–water partition coefficient (Wildman–Crippen LogP) is 4.17. The van der Waals surface area contributed by atoms with E-state index in [9.17, 15) is 0 Å².